The van der Waals surface area contributed by atoms with E-state index in [1.165, 1.54) is 6.07 Å². The summed E-state index contributed by atoms with van der Waals surface area (Å²) in [5.41, 5.74) is 1.90. The SMILES string of the molecule is Cc1nc2cc(F)c(Br)cn2c1C(C)O. The van der Waals surface area contributed by atoms with Gasteiger partial charge < -0.3 is 5.11 Å². The lowest BCUT2D eigenvalue weighted by atomic mass is 10.2. The number of pyridine rings is 1. The van der Waals surface area contributed by atoms with Crippen LogP contribution in [0.4, 0.5) is 4.39 Å². The summed E-state index contributed by atoms with van der Waals surface area (Å²) in [7, 11) is 0. The molecule has 0 fully saturated rings. The quantitative estimate of drug-likeness (QED) is 0.867. The first-order valence-electron chi connectivity index (χ1n) is 4.52. The van der Waals surface area contributed by atoms with Gasteiger partial charge >= 0.3 is 0 Å². The van der Waals surface area contributed by atoms with Crippen LogP contribution in [0.25, 0.3) is 5.65 Å². The minimum absolute atomic E-state index is 0.356. The molecule has 0 amide bonds. The molecule has 0 saturated heterocycles. The van der Waals surface area contributed by atoms with Crippen molar-refractivity contribution in [3.63, 3.8) is 0 Å². The van der Waals surface area contributed by atoms with Crippen LogP contribution in [-0.4, -0.2) is 14.5 Å². The molecule has 2 rings (SSSR count). The van der Waals surface area contributed by atoms with E-state index in [9.17, 15) is 9.50 Å². The van der Waals surface area contributed by atoms with Crippen molar-refractivity contribution in [1.82, 2.24) is 9.38 Å². The summed E-state index contributed by atoms with van der Waals surface area (Å²) in [5, 5.41) is 9.58. The fraction of sp³-hybridized carbons (Fsp3) is 0.300. The van der Waals surface area contributed by atoms with Crippen molar-refractivity contribution in [1.29, 1.82) is 0 Å². The summed E-state index contributed by atoms with van der Waals surface area (Å²) in [6, 6.07) is 1.34. The normalized spacial score (nSPS) is 13.4. The molecule has 0 radical (unpaired) electrons. The van der Waals surface area contributed by atoms with Gasteiger partial charge in [0, 0.05) is 12.3 Å². The zero-order valence-corrected chi connectivity index (χ0v) is 9.92. The van der Waals surface area contributed by atoms with Gasteiger partial charge in [0.2, 0.25) is 0 Å². The molecule has 3 nitrogen and oxygen atoms in total. The van der Waals surface area contributed by atoms with E-state index in [1.54, 1.807) is 24.4 Å². The number of hydrogen-bond donors (Lipinski definition) is 1. The Morgan fingerprint density at radius 2 is 2.27 bits per heavy atom. The molecule has 1 atom stereocenters. The second-order valence-electron chi connectivity index (χ2n) is 3.46. The number of imidazole rings is 1. The molecule has 2 aromatic heterocycles. The standard InChI is InChI=1S/C10H10BrFN2O/c1-5-10(6(2)15)14-4-7(11)8(12)3-9(14)13-5/h3-4,6,15H,1-2H3. The maximum absolute atomic E-state index is 13.2. The third-order valence-electron chi connectivity index (χ3n) is 2.28. The first kappa shape index (κ1) is 10.6. The van der Waals surface area contributed by atoms with E-state index in [2.05, 4.69) is 20.9 Å². The largest absolute Gasteiger partial charge is 0.387 e. The van der Waals surface area contributed by atoms with Crippen LogP contribution in [0, 0.1) is 12.7 Å². The average molecular weight is 273 g/mol. The maximum Gasteiger partial charge on any atom is 0.142 e. The molecule has 1 unspecified atom stereocenters. The van der Waals surface area contributed by atoms with Crippen molar-refractivity contribution in [2.45, 2.75) is 20.0 Å². The topological polar surface area (TPSA) is 37.5 Å². The van der Waals surface area contributed by atoms with E-state index in [0.29, 0.717) is 21.5 Å². The van der Waals surface area contributed by atoms with E-state index in [0.717, 1.165) is 0 Å². The molecular weight excluding hydrogens is 263 g/mol. The van der Waals surface area contributed by atoms with E-state index < -0.39 is 6.10 Å². The predicted octanol–water partition coefficient (Wildman–Crippen LogP) is 2.60. The molecule has 2 heterocycles. The van der Waals surface area contributed by atoms with E-state index >= 15 is 0 Å². The molecule has 0 bridgehead atoms. The van der Waals surface area contributed by atoms with Gasteiger partial charge in [0.25, 0.3) is 0 Å². The van der Waals surface area contributed by atoms with Crippen LogP contribution in [0.3, 0.4) is 0 Å². The van der Waals surface area contributed by atoms with Crippen molar-refractivity contribution in [2.24, 2.45) is 0 Å². The molecule has 0 aliphatic rings. The highest BCUT2D eigenvalue weighted by molar-refractivity contribution is 9.10. The van der Waals surface area contributed by atoms with Gasteiger partial charge in [-0.05, 0) is 29.8 Å². The van der Waals surface area contributed by atoms with Gasteiger partial charge in [-0.3, -0.25) is 4.40 Å². The summed E-state index contributed by atoms with van der Waals surface area (Å²) in [6.45, 7) is 3.45. The highest BCUT2D eigenvalue weighted by atomic mass is 79.9. The molecule has 0 aromatic carbocycles. The van der Waals surface area contributed by atoms with Crippen LogP contribution < -0.4 is 0 Å². The third-order valence-corrected chi connectivity index (χ3v) is 2.86. The second kappa shape index (κ2) is 3.57. The molecule has 5 heteroatoms. The molecule has 0 saturated carbocycles. The Hall–Kier alpha value is -0.940. The van der Waals surface area contributed by atoms with Crippen LogP contribution in [-0.2, 0) is 0 Å². The number of aliphatic hydroxyl groups is 1. The second-order valence-corrected chi connectivity index (χ2v) is 4.31. The number of hydrogen-bond acceptors (Lipinski definition) is 2. The molecule has 0 spiro atoms. The number of aliphatic hydroxyl groups excluding tert-OH is 1. The van der Waals surface area contributed by atoms with Gasteiger partial charge in [-0.2, -0.15) is 0 Å². The average Bonchev–Trinajstić information content (AvgIpc) is 2.41. The van der Waals surface area contributed by atoms with Crippen molar-refractivity contribution < 1.29 is 9.50 Å². The first-order chi connectivity index (χ1) is 7.00. The van der Waals surface area contributed by atoms with E-state index in [1.807, 2.05) is 0 Å². The zero-order chi connectivity index (χ0) is 11.2. The number of rotatable bonds is 1. The number of aromatic nitrogens is 2. The van der Waals surface area contributed by atoms with Crippen LogP contribution in [0.2, 0.25) is 0 Å². The van der Waals surface area contributed by atoms with Crippen molar-refractivity contribution >= 4 is 21.6 Å². The van der Waals surface area contributed by atoms with Crippen LogP contribution >= 0.6 is 15.9 Å². The molecule has 2 aromatic rings. The Morgan fingerprint density at radius 3 is 2.87 bits per heavy atom. The zero-order valence-electron chi connectivity index (χ0n) is 8.33. The summed E-state index contributed by atoms with van der Waals surface area (Å²) in [6.07, 6.45) is 0.949. The summed E-state index contributed by atoms with van der Waals surface area (Å²) < 4.78 is 15.3. The van der Waals surface area contributed by atoms with Crippen molar-refractivity contribution in [3.8, 4) is 0 Å². The fourth-order valence-electron chi connectivity index (χ4n) is 1.68. The lowest BCUT2D eigenvalue weighted by molar-refractivity contribution is 0.192. The molecular formula is C10H10BrFN2O. The molecule has 1 N–H and O–H groups in total. The Morgan fingerprint density at radius 1 is 1.60 bits per heavy atom. The molecule has 0 aliphatic heterocycles. The Balaban J connectivity index is 2.81. The number of nitrogens with zero attached hydrogens (tertiary/aromatic N) is 2. The highest BCUT2D eigenvalue weighted by Gasteiger charge is 2.14. The smallest absolute Gasteiger partial charge is 0.142 e. The van der Waals surface area contributed by atoms with Gasteiger partial charge in [-0.15, -0.1) is 0 Å². The minimum Gasteiger partial charge on any atom is -0.387 e. The molecule has 15 heavy (non-hydrogen) atoms. The van der Waals surface area contributed by atoms with Crippen molar-refractivity contribution in [3.05, 3.63) is 33.9 Å². The minimum atomic E-state index is -0.627. The molecule has 80 valence electrons. The number of fused-ring (bicyclic) bond motifs is 1. The maximum atomic E-state index is 13.2. The first-order valence-corrected chi connectivity index (χ1v) is 5.31. The fourth-order valence-corrected chi connectivity index (χ4v) is 2.00. The summed E-state index contributed by atoms with van der Waals surface area (Å²) >= 11 is 3.10. The monoisotopic (exact) mass is 272 g/mol. The lowest BCUT2D eigenvalue weighted by Crippen LogP contribution is -1.99. The van der Waals surface area contributed by atoms with Gasteiger partial charge in [-0.25, -0.2) is 9.37 Å². The van der Waals surface area contributed by atoms with Gasteiger partial charge in [0.1, 0.15) is 11.5 Å². The summed E-state index contributed by atoms with van der Waals surface area (Å²) in [4.78, 5) is 4.18. The predicted molar refractivity (Wildman–Crippen MR) is 58.2 cm³/mol. The van der Waals surface area contributed by atoms with Gasteiger partial charge in [0.15, 0.2) is 0 Å². The lowest BCUT2D eigenvalue weighted by Gasteiger charge is -2.06. The van der Waals surface area contributed by atoms with Crippen LogP contribution in [0.15, 0.2) is 16.7 Å². The van der Waals surface area contributed by atoms with Crippen LogP contribution in [0.1, 0.15) is 24.4 Å². The Kier molecular flexibility index (Phi) is 2.52. The Bertz CT molecular complexity index is 522. The highest BCUT2D eigenvalue weighted by Crippen LogP contribution is 2.23. The van der Waals surface area contributed by atoms with Crippen LogP contribution in [0.5, 0.6) is 0 Å². The van der Waals surface area contributed by atoms with E-state index in [4.69, 9.17) is 0 Å². The number of halogens is 2. The van der Waals surface area contributed by atoms with Gasteiger partial charge in [-0.1, -0.05) is 0 Å². The number of aryl methyl sites for hydroxylation is 1. The van der Waals surface area contributed by atoms with Gasteiger partial charge in [0.05, 0.1) is 22.0 Å². The van der Waals surface area contributed by atoms with Crippen molar-refractivity contribution in [2.75, 3.05) is 0 Å². The third kappa shape index (κ3) is 1.66. The van der Waals surface area contributed by atoms with E-state index in [-0.39, 0.29) is 5.82 Å². The molecule has 0 aliphatic carbocycles. The Labute approximate surface area is 94.7 Å². The summed E-state index contributed by atoms with van der Waals surface area (Å²) in [5.74, 6) is -0.357.